The van der Waals surface area contributed by atoms with E-state index in [9.17, 15) is 4.79 Å². The molecule has 1 saturated heterocycles. The molecule has 2 heterocycles. The maximum Gasteiger partial charge on any atom is 0.261 e. The van der Waals surface area contributed by atoms with Gasteiger partial charge in [-0.3, -0.25) is 4.79 Å². The van der Waals surface area contributed by atoms with Gasteiger partial charge in [0.25, 0.3) is 5.91 Å². The van der Waals surface area contributed by atoms with E-state index >= 15 is 0 Å². The van der Waals surface area contributed by atoms with Crippen LogP contribution in [0.15, 0.2) is 17.5 Å². The highest BCUT2D eigenvalue weighted by molar-refractivity contribution is 7.12. The van der Waals surface area contributed by atoms with Gasteiger partial charge in [-0.2, -0.15) is 0 Å². The maximum absolute atomic E-state index is 11.8. The molecule has 2 rings (SSSR count). The standard InChI is InChI=1S/C16H26N2O2S/c1-15(2)11-13(16(3,4)20-15)17-8-6-9-18-14(19)12-7-5-10-21-12/h5,7,10,13,17H,6,8-9,11H2,1-4H3,(H,18,19)/t13-/m0/s1. The molecule has 0 aromatic carbocycles. The van der Waals surface area contributed by atoms with Crippen LogP contribution in [0.4, 0.5) is 0 Å². The smallest absolute Gasteiger partial charge is 0.261 e. The summed E-state index contributed by atoms with van der Waals surface area (Å²) < 4.78 is 6.06. The fourth-order valence-corrected chi connectivity index (χ4v) is 3.58. The number of amides is 1. The highest BCUT2D eigenvalue weighted by Gasteiger charge is 2.45. The van der Waals surface area contributed by atoms with E-state index in [1.165, 1.54) is 11.3 Å². The molecule has 1 aliphatic rings. The van der Waals surface area contributed by atoms with Crippen molar-refractivity contribution in [2.24, 2.45) is 0 Å². The predicted octanol–water partition coefficient (Wildman–Crippen LogP) is 2.80. The van der Waals surface area contributed by atoms with Crippen LogP contribution in [-0.4, -0.2) is 36.2 Å². The SMILES string of the molecule is CC1(C)C[C@H](NCCCNC(=O)c2cccs2)C(C)(C)O1. The summed E-state index contributed by atoms with van der Waals surface area (Å²) in [6.07, 6.45) is 1.94. The number of ether oxygens (including phenoxy) is 1. The lowest BCUT2D eigenvalue weighted by Crippen LogP contribution is -2.44. The number of hydrogen-bond acceptors (Lipinski definition) is 4. The van der Waals surface area contributed by atoms with E-state index in [1.807, 2.05) is 17.5 Å². The number of carbonyl (C=O) groups excluding carboxylic acids is 1. The Labute approximate surface area is 131 Å². The van der Waals surface area contributed by atoms with Gasteiger partial charge in [0.15, 0.2) is 0 Å². The third-order valence-electron chi connectivity index (χ3n) is 3.85. The summed E-state index contributed by atoms with van der Waals surface area (Å²) in [7, 11) is 0. The molecule has 1 aromatic rings. The van der Waals surface area contributed by atoms with Crippen molar-refractivity contribution < 1.29 is 9.53 Å². The molecule has 1 aromatic heterocycles. The van der Waals surface area contributed by atoms with Gasteiger partial charge in [0, 0.05) is 12.6 Å². The zero-order chi connectivity index (χ0) is 15.5. The second-order valence-electron chi connectivity index (χ2n) is 6.76. The first-order valence-electron chi connectivity index (χ1n) is 7.55. The van der Waals surface area contributed by atoms with E-state index in [2.05, 4.69) is 38.3 Å². The monoisotopic (exact) mass is 310 g/mol. The van der Waals surface area contributed by atoms with Gasteiger partial charge in [0.1, 0.15) is 0 Å². The lowest BCUT2D eigenvalue weighted by Gasteiger charge is -2.27. The van der Waals surface area contributed by atoms with Crippen molar-refractivity contribution in [3.05, 3.63) is 22.4 Å². The fraction of sp³-hybridized carbons (Fsp3) is 0.688. The van der Waals surface area contributed by atoms with Gasteiger partial charge in [-0.15, -0.1) is 11.3 Å². The fourth-order valence-electron chi connectivity index (χ4n) is 2.94. The van der Waals surface area contributed by atoms with Gasteiger partial charge in [0.2, 0.25) is 0 Å². The van der Waals surface area contributed by atoms with Crippen LogP contribution in [0.1, 0.15) is 50.2 Å². The van der Waals surface area contributed by atoms with E-state index in [1.54, 1.807) is 0 Å². The van der Waals surface area contributed by atoms with Gasteiger partial charge in [0.05, 0.1) is 16.1 Å². The maximum atomic E-state index is 11.8. The van der Waals surface area contributed by atoms with Crippen LogP contribution in [-0.2, 0) is 4.74 Å². The van der Waals surface area contributed by atoms with Crippen molar-refractivity contribution in [3.63, 3.8) is 0 Å². The molecule has 0 aliphatic carbocycles. The highest BCUT2D eigenvalue weighted by Crippen LogP contribution is 2.37. The largest absolute Gasteiger partial charge is 0.368 e. The van der Waals surface area contributed by atoms with Crippen molar-refractivity contribution in [1.82, 2.24) is 10.6 Å². The first kappa shape index (κ1) is 16.5. The Morgan fingerprint density at radius 3 is 2.71 bits per heavy atom. The zero-order valence-electron chi connectivity index (χ0n) is 13.4. The molecule has 0 unspecified atom stereocenters. The Balaban J connectivity index is 1.65. The minimum atomic E-state index is -0.135. The number of carbonyl (C=O) groups is 1. The van der Waals surface area contributed by atoms with Gasteiger partial charge >= 0.3 is 0 Å². The van der Waals surface area contributed by atoms with Crippen molar-refractivity contribution in [1.29, 1.82) is 0 Å². The predicted molar refractivity (Wildman–Crippen MR) is 86.9 cm³/mol. The lowest BCUT2D eigenvalue weighted by molar-refractivity contribution is -0.0697. The van der Waals surface area contributed by atoms with Gasteiger partial charge in [-0.1, -0.05) is 6.07 Å². The summed E-state index contributed by atoms with van der Waals surface area (Å²) in [6, 6.07) is 4.10. The van der Waals surface area contributed by atoms with Crippen molar-refractivity contribution in [3.8, 4) is 0 Å². The number of thiophene rings is 1. The summed E-state index contributed by atoms with van der Waals surface area (Å²) in [5, 5.41) is 8.43. The Kier molecular flexibility index (Phi) is 5.07. The first-order chi connectivity index (χ1) is 9.80. The van der Waals surface area contributed by atoms with E-state index < -0.39 is 0 Å². The van der Waals surface area contributed by atoms with Crippen LogP contribution in [0.5, 0.6) is 0 Å². The number of nitrogens with one attached hydrogen (secondary N) is 2. The molecule has 0 spiro atoms. The van der Waals surface area contributed by atoms with Crippen LogP contribution in [0.3, 0.4) is 0 Å². The molecule has 0 saturated carbocycles. The van der Waals surface area contributed by atoms with Crippen LogP contribution in [0.2, 0.25) is 0 Å². The molecule has 5 heteroatoms. The summed E-state index contributed by atoms with van der Waals surface area (Å²) in [6.45, 7) is 10.1. The molecule has 4 nitrogen and oxygen atoms in total. The Bertz CT molecular complexity index is 469. The molecule has 21 heavy (non-hydrogen) atoms. The van der Waals surface area contributed by atoms with E-state index in [4.69, 9.17) is 4.74 Å². The molecule has 1 atom stereocenters. The quantitative estimate of drug-likeness (QED) is 0.794. The Morgan fingerprint density at radius 1 is 1.38 bits per heavy atom. The van der Waals surface area contributed by atoms with Gasteiger partial charge in [-0.25, -0.2) is 0 Å². The summed E-state index contributed by atoms with van der Waals surface area (Å²) in [4.78, 5) is 12.5. The molecular weight excluding hydrogens is 284 g/mol. The second-order valence-corrected chi connectivity index (χ2v) is 7.71. The Hall–Kier alpha value is -0.910. The molecule has 0 radical (unpaired) electrons. The molecule has 0 bridgehead atoms. The third-order valence-corrected chi connectivity index (χ3v) is 4.72. The van der Waals surface area contributed by atoms with Crippen LogP contribution in [0.25, 0.3) is 0 Å². The summed E-state index contributed by atoms with van der Waals surface area (Å²) >= 11 is 1.47. The first-order valence-corrected chi connectivity index (χ1v) is 8.43. The zero-order valence-corrected chi connectivity index (χ0v) is 14.2. The van der Waals surface area contributed by atoms with Crippen molar-refractivity contribution in [2.45, 2.75) is 57.8 Å². The average Bonchev–Trinajstić information content (AvgIpc) is 2.94. The number of rotatable bonds is 6. The van der Waals surface area contributed by atoms with Crippen molar-refractivity contribution in [2.75, 3.05) is 13.1 Å². The molecule has 2 N–H and O–H groups in total. The summed E-state index contributed by atoms with van der Waals surface area (Å²) in [5.41, 5.74) is -0.196. The van der Waals surface area contributed by atoms with E-state index in [0.717, 1.165) is 24.3 Å². The van der Waals surface area contributed by atoms with E-state index in [-0.39, 0.29) is 17.1 Å². The van der Waals surface area contributed by atoms with Crippen LogP contribution < -0.4 is 10.6 Å². The average molecular weight is 310 g/mol. The minimum absolute atomic E-state index is 0.0238. The van der Waals surface area contributed by atoms with Crippen LogP contribution >= 0.6 is 11.3 Å². The van der Waals surface area contributed by atoms with E-state index in [0.29, 0.717) is 12.6 Å². The Morgan fingerprint density at radius 2 is 2.14 bits per heavy atom. The normalized spacial score (nSPS) is 23.1. The number of hydrogen-bond donors (Lipinski definition) is 2. The third kappa shape index (κ3) is 4.53. The molecule has 1 amide bonds. The molecule has 1 fully saturated rings. The lowest BCUT2D eigenvalue weighted by atomic mass is 9.94. The molecular formula is C16H26N2O2S. The summed E-state index contributed by atoms with van der Waals surface area (Å²) in [5.74, 6) is 0.0238. The van der Waals surface area contributed by atoms with Crippen LogP contribution in [0, 0.1) is 0 Å². The van der Waals surface area contributed by atoms with Crippen molar-refractivity contribution >= 4 is 17.2 Å². The topological polar surface area (TPSA) is 50.4 Å². The molecule has 118 valence electrons. The second kappa shape index (κ2) is 6.46. The minimum Gasteiger partial charge on any atom is -0.368 e. The highest BCUT2D eigenvalue weighted by atomic mass is 32.1. The molecule has 1 aliphatic heterocycles. The van der Waals surface area contributed by atoms with Gasteiger partial charge in [-0.05, 0) is 58.5 Å². The van der Waals surface area contributed by atoms with Gasteiger partial charge < -0.3 is 15.4 Å².